The van der Waals surface area contributed by atoms with Crippen molar-refractivity contribution >= 4 is 29.6 Å². The smallest absolute Gasteiger partial charge is 0.441 e. The number of aliphatic imine (C=N–C) groups is 1. The summed E-state index contributed by atoms with van der Waals surface area (Å²) >= 11 is 0. The largest absolute Gasteiger partial charge is 0.573 e. The predicted molar refractivity (Wildman–Crippen MR) is 128 cm³/mol. The molecule has 0 aliphatic heterocycles. The number of nitrogens with one attached hydrogen (secondary N) is 3. The second-order valence-corrected chi connectivity index (χ2v) is 7.31. The summed E-state index contributed by atoms with van der Waals surface area (Å²) in [5.74, 6) is -0.429. The van der Waals surface area contributed by atoms with Crippen molar-refractivity contribution in [2.24, 2.45) is 4.99 Å². The summed E-state index contributed by atoms with van der Waals surface area (Å²) in [5, 5.41) is 22.2. The number of ether oxygens (including phenoxy) is 2. The molecule has 0 saturated heterocycles. The number of amidine groups is 1. The fourth-order valence-corrected chi connectivity index (χ4v) is 2.91. The van der Waals surface area contributed by atoms with Gasteiger partial charge in [0.05, 0.1) is 18.0 Å². The van der Waals surface area contributed by atoms with Gasteiger partial charge in [-0.3, -0.25) is 10.7 Å². The Morgan fingerprint density at radius 3 is 2.22 bits per heavy atom. The molecule has 3 N–H and O–H groups in total. The quantitative estimate of drug-likeness (QED) is 0.265. The lowest BCUT2D eigenvalue weighted by Crippen LogP contribution is -2.17. The number of nitrogens with zero attached hydrogens (tertiary/aromatic N) is 2. The van der Waals surface area contributed by atoms with E-state index in [1.165, 1.54) is 18.5 Å². The number of hydrogen-bond acceptors (Lipinski definition) is 5. The first-order chi connectivity index (χ1) is 17.1. The van der Waals surface area contributed by atoms with E-state index >= 15 is 0 Å². The molecule has 36 heavy (non-hydrogen) atoms. The molecule has 0 aliphatic rings. The Balaban J connectivity index is 1.48. The third kappa shape index (κ3) is 7.88. The van der Waals surface area contributed by atoms with Gasteiger partial charge in [-0.25, -0.2) is 9.79 Å². The molecule has 0 bridgehead atoms. The Morgan fingerprint density at radius 2 is 1.64 bits per heavy atom. The fourth-order valence-electron chi connectivity index (χ4n) is 2.91. The lowest BCUT2D eigenvalue weighted by Gasteiger charge is -2.14. The highest BCUT2D eigenvalue weighted by atomic mass is 19.4. The number of rotatable bonds is 7. The number of nitriles is 1. The van der Waals surface area contributed by atoms with Gasteiger partial charge in [-0.1, -0.05) is 12.1 Å². The van der Waals surface area contributed by atoms with Crippen LogP contribution in [-0.2, 0) is 4.74 Å². The summed E-state index contributed by atoms with van der Waals surface area (Å²) in [6.07, 6.45) is -4.72. The number of alkyl halides is 3. The minimum atomic E-state index is -4.76. The number of halogens is 3. The number of carbonyl (C=O) groups excluding carboxylic acids is 1. The molecule has 0 heterocycles. The number of anilines is 2. The van der Waals surface area contributed by atoms with Crippen LogP contribution in [0, 0.1) is 16.7 Å². The number of benzene rings is 3. The molecule has 11 heteroatoms. The SMILES string of the molecule is CC(OC(=O)Nc1ccc(C(=N)/N=C\Nc2ccc(OC(F)(F)F)cc2)cc1)c1ccc(C#N)cc1. The maximum absolute atomic E-state index is 12.2. The zero-order valence-electron chi connectivity index (χ0n) is 18.8. The van der Waals surface area contributed by atoms with E-state index in [4.69, 9.17) is 15.4 Å². The van der Waals surface area contributed by atoms with Crippen LogP contribution in [0.5, 0.6) is 5.75 Å². The van der Waals surface area contributed by atoms with Crippen molar-refractivity contribution in [3.8, 4) is 11.8 Å². The van der Waals surface area contributed by atoms with E-state index in [2.05, 4.69) is 20.4 Å². The van der Waals surface area contributed by atoms with Crippen LogP contribution < -0.4 is 15.4 Å². The second-order valence-electron chi connectivity index (χ2n) is 7.31. The van der Waals surface area contributed by atoms with Gasteiger partial charge in [0.15, 0.2) is 5.84 Å². The molecule has 1 atom stereocenters. The van der Waals surface area contributed by atoms with Crippen molar-refractivity contribution in [3.05, 3.63) is 89.5 Å². The first-order valence-corrected chi connectivity index (χ1v) is 10.4. The number of carbonyl (C=O) groups is 1. The summed E-state index contributed by atoms with van der Waals surface area (Å²) in [6, 6.07) is 20.1. The third-order valence-corrected chi connectivity index (χ3v) is 4.71. The van der Waals surface area contributed by atoms with Crippen molar-refractivity contribution in [1.82, 2.24) is 0 Å². The second kappa shape index (κ2) is 11.5. The van der Waals surface area contributed by atoms with Gasteiger partial charge in [0, 0.05) is 16.9 Å². The molecular formula is C25H20F3N5O3. The van der Waals surface area contributed by atoms with Crippen molar-refractivity contribution in [2.45, 2.75) is 19.4 Å². The van der Waals surface area contributed by atoms with E-state index < -0.39 is 18.6 Å². The normalized spacial score (nSPS) is 11.9. The maximum Gasteiger partial charge on any atom is 0.573 e. The van der Waals surface area contributed by atoms with Crippen LogP contribution in [0.25, 0.3) is 0 Å². The highest BCUT2D eigenvalue weighted by Gasteiger charge is 2.30. The van der Waals surface area contributed by atoms with Gasteiger partial charge in [0.1, 0.15) is 11.9 Å². The Morgan fingerprint density at radius 1 is 1.03 bits per heavy atom. The first kappa shape index (κ1) is 25.8. The molecule has 0 aliphatic carbocycles. The molecule has 3 rings (SSSR count). The van der Waals surface area contributed by atoms with E-state index in [0.29, 0.717) is 22.5 Å². The van der Waals surface area contributed by atoms with Crippen LogP contribution in [-0.4, -0.2) is 24.6 Å². The summed E-state index contributed by atoms with van der Waals surface area (Å²) in [6.45, 7) is 1.71. The molecular weight excluding hydrogens is 475 g/mol. The van der Waals surface area contributed by atoms with Crippen molar-refractivity contribution in [1.29, 1.82) is 10.7 Å². The molecule has 3 aromatic carbocycles. The highest BCUT2D eigenvalue weighted by molar-refractivity contribution is 6.02. The van der Waals surface area contributed by atoms with Gasteiger partial charge < -0.3 is 14.8 Å². The molecule has 0 radical (unpaired) electrons. The predicted octanol–water partition coefficient (Wildman–Crippen LogP) is 6.23. The summed E-state index contributed by atoms with van der Waals surface area (Å²) in [4.78, 5) is 16.1. The minimum absolute atomic E-state index is 0.0805. The Hall–Kier alpha value is -4.85. The molecule has 0 saturated carbocycles. The minimum Gasteiger partial charge on any atom is -0.441 e. The van der Waals surface area contributed by atoms with Gasteiger partial charge in [0.2, 0.25) is 0 Å². The molecule has 8 nitrogen and oxygen atoms in total. The van der Waals surface area contributed by atoms with Crippen LogP contribution in [0.15, 0.2) is 77.8 Å². The molecule has 0 spiro atoms. The zero-order chi connectivity index (χ0) is 26.1. The van der Waals surface area contributed by atoms with Gasteiger partial charge in [0.25, 0.3) is 0 Å². The Labute approximate surface area is 204 Å². The lowest BCUT2D eigenvalue weighted by atomic mass is 10.1. The molecule has 184 valence electrons. The standard InChI is InChI=1S/C25H20F3N5O3/c1-16(18-4-2-17(14-29)3-5-18)35-24(34)33-21-8-6-19(7-9-21)23(30)32-15-31-20-10-12-22(13-11-20)36-25(26,27)28/h2-13,15-16H,1H3,(H,33,34)(H2,30,31,32). The van der Waals surface area contributed by atoms with Crippen LogP contribution in [0.3, 0.4) is 0 Å². The molecule has 1 amide bonds. The van der Waals surface area contributed by atoms with Crippen molar-refractivity contribution in [3.63, 3.8) is 0 Å². The topological polar surface area (TPSA) is 120 Å². The van der Waals surface area contributed by atoms with Gasteiger partial charge in [-0.05, 0) is 73.2 Å². The van der Waals surface area contributed by atoms with E-state index in [1.54, 1.807) is 55.5 Å². The van der Waals surface area contributed by atoms with E-state index in [0.717, 1.165) is 17.7 Å². The summed E-state index contributed by atoms with van der Waals surface area (Å²) in [7, 11) is 0. The average Bonchev–Trinajstić information content (AvgIpc) is 2.84. The van der Waals surface area contributed by atoms with E-state index in [-0.39, 0.29) is 11.6 Å². The van der Waals surface area contributed by atoms with E-state index in [9.17, 15) is 18.0 Å². The van der Waals surface area contributed by atoms with Crippen LogP contribution in [0.2, 0.25) is 0 Å². The zero-order valence-corrected chi connectivity index (χ0v) is 18.8. The number of hydrogen-bond donors (Lipinski definition) is 3. The van der Waals surface area contributed by atoms with Crippen LogP contribution in [0.4, 0.5) is 29.3 Å². The Bertz CT molecular complexity index is 1270. The lowest BCUT2D eigenvalue weighted by molar-refractivity contribution is -0.274. The van der Waals surface area contributed by atoms with Crippen molar-refractivity contribution in [2.75, 3.05) is 10.6 Å². The van der Waals surface area contributed by atoms with Crippen LogP contribution in [0.1, 0.15) is 29.7 Å². The van der Waals surface area contributed by atoms with Gasteiger partial charge >= 0.3 is 12.5 Å². The average molecular weight is 495 g/mol. The summed E-state index contributed by atoms with van der Waals surface area (Å²) in [5.41, 5.74) is 2.62. The molecule has 0 aromatic heterocycles. The van der Waals surface area contributed by atoms with Crippen molar-refractivity contribution < 1.29 is 27.4 Å². The monoisotopic (exact) mass is 495 g/mol. The number of amides is 1. The van der Waals surface area contributed by atoms with E-state index in [1.807, 2.05) is 6.07 Å². The highest BCUT2D eigenvalue weighted by Crippen LogP contribution is 2.24. The Kier molecular flexibility index (Phi) is 8.25. The fraction of sp³-hybridized carbons (Fsp3) is 0.120. The molecule has 1 unspecified atom stereocenters. The van der Waals surface area contributed by atoms with Gasteiger partial charge in [-0.15, -0.1) is 13.2 Å². The third-order valence-electron chi connectivity index (χ3n) is 4.71. The summed E-state index contributed by atoms with van der Waals surface area (Å²) < 4.78 is 45.7. The maximum atomic E-state index is 12.2. The molecule has 0 fully saturated rings. The first-order valence-electron chi connectivity index (χ1n) is 10.4. The van der Waals surface area contributed by atoms with Crippen LogP contribution >= 0.6 is 0 Å². The van der Waals surface area contributed by atoms with Gasteiger partial charge in [-0.2, -0.15) is 5.26 Å². The molecule has 3 aromatic rings.